The van der Waals surface area contributed by atoms with E-state index in [1.807, 2.05) is 0 Å². The minimum Gasteiger partial charge on any atom is -0.374 e. The average molecular weight is 588 g/mol. The van der Waals surface area contributed by atoms with Crippen molar-refractivity contribution in [3.63, 3.8) is 0 Å². The number of carbonyl (C=O) groups is 1. The lowest BCUT2D eigenvalue weighted by atomic mass is 9.85. The summed E-state index contributed by atoms with van der Waals surface area (Å²) >= 11 is 17.7. The van der Waals surface area contributed by atoms with Crippen LogP contribution in [0.3, 0.4) is 0 Å². The van der Waals surface area contributed by atoms with Gasteiger partial charge in [-0.25, -0.2) is 12.8 Å². The average Bonchev–Trinajstić information content (AvgIpc) is 3.21. The molecule has 0 spiro atoms. The lowest BCUT2D eigenvalue weighted by Gasteiger charge is -2.44. The fraction of sp³-hybridized carbons (Fsp3) is 0.364. The maximum Gasteiger partial charge on any atom is 0.435 e. The van der Waals surface area contributed by atoms with Crippen molar-refractivity contribution in [1.82, 2.24) is 4.90 Å². The van der Waals surface area contributed by atoms with E-state index in [2.05, 4.69) is 5.16 Å². The quantitative estimate of drug-likeness (QED) is 0.352. The number of sulfone groups is 1. The highest BCUT2D eigenvalue weighted by molar-refractivity contribution is 7.91. The van der Waals surface area contributed by atoms with Crippen LogP contribution in [-0.4, -0.2) is 56.2 Å². The number of rotatable bonds is 5. The van der Waals surface area contributed by atoms with E-state index in [0.29, 0.717) is 0 Å². The van der Waals surface area contributed by atoms with E-state index in [9.17, 15) is 26.4 Å². The number of oxime groups is 1. The highest BCUT2D eigenvalue weighted by atomic mass is 35.5. The van der Waals surface area contributed by atoms with E-state index in [4.69, 9.17) is 39.6 Å². The smallest absolute Gasteiger partial charge is 0.374 e. The Bertz CT molecular complexity index is 1340. The van der Waals surface area contributed by atoms with E-state index in [1.165, 1.54) is 24.3 Å². The van der Waals surface area contributed by atoms with Gasteiger partial charge in [0.1, 0.15) is 5.75 Å². The van der Waals surface area contributed by atoms with Crippen molar-refractivity contribution in [2.24, 2.45) is 5.16 Å². The second-order valence-electron chi connectivity index (χ2n) is 8.75. The molecule has 6 nitrogen and oxygen atoms in total. The van der Waals surface area contributed by atoms with E-state index in [-0.39, 0.29) is 50.6 Å². The maximum atomic E-state index is 15.2. The number of nitrogens with zero attached hydrogens (tertiary/aromatic N) is 2. The Morgan fingerprint density at radius 1 is 1.08 bits per heavy atom. The molecule has 0 aromatic heterocycles. The van der Waals surface area contributed by atoms with Gasteiger partial charge in [0.05, 0.1) is 33.9 Å². The van der Waals surface area contributed by atoms with E-state index >= 15 is 4.39 Å². The number of carbonyl (C=O) groups excluding carboxylic acids is 1. The predicted octanol–water partition coefficient (Wildman–Crippen LogP) is 5.28. The summed E-state index contributed by atoms with van der Waals surface area (Å²) < 4.78 is 80.4. The molecule has 2 aliphatic heterocycles. The van der Waals surface area contributed by atoms with Crippen LogP contribution in [-0.2, 0) is 30.7 Å². The molecule has 1 atom stereocenters. The minimum atomic E-state index is -4.89. The molecule has 0 saturated carbocycles. The van der Waals surface area contributed by atoms with Gasteiger partial charge in [0.25, 0.3) is 5.60 Å². The van der Waals surface area contributed by atoms with Crippen LogP contribution < -0.4 is 0 Å². The van der Waals surface area contributed by atoms with Crippen molar-refractivity contribution in [3.8, 4) is 0 Å². The predicted molar refractivity (Wildman–Crippen MR) is 127 cm³/mol. The molecule has 1 saturated heterocycles. The SMILES string of the molecule is CS(=O)(=O)CC(=O)N1CC(F)(c2ccc(C3=NOC(c4cc(Cl)c(Cl)c(Cl)c4)(C(F)(F)F)C3)cc2)C1. The zero-order valence-corrected chi connectivity index (χ0v) is 21.5. The van der Waals surface area contributed by atoms with Crippen molar-refractivity contribution in [1.29, 1.82) is 0 Å². The second-order valence-corrected chi connectivity index (χ2v) is 12.1. The summed E-state index contributed by atoms with van der Waals surface area (Å²) in [6.45, 7) is -0.667. The third kappa shape index (κ3) is 4.90. The molecule has 1 amide bonds. The molecule has 0 radical (unpaired) electrons. The molecule has 194 valence electrons. The van der Waals surface area contributed by atoms with Crippen LogP contribution in [0.1, 0.15) is 23.1 Å². The lowest BCUT2D eigenvalue weighted by molar-refractivity contribution is -0.275. The molecular formula is C22H17Cl3F4N2O4S. The zero-order chi connectivity index (χ0) is 26.7. The number of halogens is 7. The number of hydrogen-bond acceptors (Lipinski definition) is 5. The van der Waals surface area contributed by atoms with Crippen LogP contribution in [0.5, 0.6) is 0 Å². The lowest BCUT2D eigenvalue weighted by Crippen LogP contribution is -2.59. The Balaban J connectivity index is 1.52. The van der Waals surface area contributed by atoms with Crippen LogP contribution in [0.15, 0.2) is 41.6 Å². The Kier molecular flexibility index (Phi) is 6.77. The van der Waals surface area contributed by atoms with Gasteiger partial charge < -0.3 is 9.74 Å². The normalized spacial score (nSPS) is 21.6. The van der Waals surface area contributed by atoms with Crippen LogP contribution in [0.4, 0.5) is 17.6 Å². The summed E-state index contributed by atoms with van der Waals surface area (Å²) in [6, 6.07) is 7.58. The summed E-state index contributed by atoms with van der Waals surface area (Å²) in [7, 11) is -3.55. The first-order chi connectivity index (χ1) is 16.5. The first kappa shape index (κ1) is 27.0. The Hall–Kier alpha value is -2.08. The van der Waals surface area contributed by atoms with Crippen LogP contribution in [0, 0.1) is 0 Å². The first-order valence-electron chi connectivity index (χ1n) is 10.3. The monoisotopic (exact) mass is 586 g/mol. The molecule has 2 heterocycles. The minimum absolute atomic E-state index is 0.0347. The Labute approximate surface area is 218 Å². The molecule has 14 heteroatoms. The molecule has 0 bridgehead atoms. The second kappa shape index (κ2) is 9.04. The Morgan fingerprint density at radius 3 is 2.14 bits per heavy atom. The summed E-state index contributed by atoms with van der Waals surface area (Å²) in [5, 5.41) is 3.20. The van der Waals surface area contributed by atoms with Gasteiger partial charge in [-0.05, 0) is 23.3 Å². The van der Waals surface area contributed by atoms with Gasteiger partial charge in [-0.15, -0.1) is 0 Å². The van der Waals surface area contributed by atoms with E-state index in [1.54, 1.807) is 0 Å². The van der Waals surface area contributed by atoms with Crippen molar-refractivity contribution >= 4 is 56.3 Å². The number of amides is 1. The van der Waals surface area contributed by atoms with Gasteiger partial charge in [0.2, 0.25) is 5.91 Å². The van der Waals surface area contributed by atoms with Crippen molar-refractivity contribution in [3.05, 3.63) is 68.2 Å². The largest absolute Gasteiger partial charge is 0.435 e. The first-order valence-corrected chi connectivity index (χ1v) is 13.5. The summed E-state index contributed by atoms with van der Waals surface area (Å²) in [5.74, 6) is -1.42. The van der Waals surface area contributed by atoms with Gasteiger partial charge >= 0.3 is 6.18 Å². The number of likely N-dealkylation sites (tertiary alicyclic amines) is 1. The highest BCUT2D eigenvalue weighted by Gasteiger charge is 2.62. The molecule has 0 N–H and O–H groups in total. The molecule has 1 fully saturated rings. The number of alkyl halides is 4. The molecule has 2 aliphatic rings. The highest BCUT2D eigenvalue weighted by Crippen LogP contribution is 2.50. The van der Waals surface area contributed by atoms with Crippen LogP contribution in [0.2, 0.25) is 15.1 Å². The van der Waals surface area contributed by atoms with Crippen molar-refractivity contribution < 1.29 is 35.6 Å². The van der Waals surface area contributed by atoms with Gasteiger partial charge in [-0.2, -0.15) is 13.2 Å². The van der Waals surface area contributed by atoms with Gasteiger partial charge in [-0.1, -0.05) is 64.2 Å². The van der Waals surface area contributed by atoms with Crippen LogP contribution in [0.25, 0.3) is 0 Å². The van der Waals surface area contributed by atoms with Crippen molar-refractivity contribution in [2.75, 3.05) is 25.1 Å². The van der Waals surface area contributed by atoms with E-state index < -0.39 is 45.4 Å². The molecule has 2 aromatic carbocycles. The number of benzene rings is 2. The summed E-state index contributed by atoms with van der Waals surface area (Å²) in [4.78, 5) is 18.0. The van der Waals surface area contributed by atoms with Gasteiger partial charge in [-0.3, -0.25) is 4.79 Å². The maximum absolute atomic E-state index is 15.2. The Morgan fingerprint density at radius 2 is 1.64 bits per heavy atom. The molecule has 4 rings (SSSR count). The summed E-state index contributed by atoms with van der Waals surface area (Å²) in [5.41, 5.74) is -4.72. The zero-order valence-electron chi connectivity index (χ0n) is 18.4. The third-order valence-corrected chi connectivity index (χ3v) is 7.96. The fourth-order valence-electron chi connectivity index (χ4n) is 4.04. The van der Waals surface area contributed by atoms with Gasteiger partial charge in [0, 0.05) is 18.2 Å². The standard InChI is InChI=1S/C22H17Cl3F4N2O4S/c1-36(33,34)9-18(32)31-10-20(26,11-31)13-4-2-12(3-5-13)17-8-21(35-30-17,22(27,28)29)14-6-15(23)19(25)16(24)7-14/h2-7H,8-11H2,1H3. The van der Waals surface area contributed by atoms with Crippen molar-refractivity contribution in [2.45, 2.75) is 23.9 Å². The number of hydrogen-bond donors (Lipinski definition) is 0. The fourth-order valence-corrected chi connectivity index (χ4v) is 5.27. The summed E-state index contributed by atoms with van der Waals surface area (Å²) in [6.07, 6.45) is -4.68. The molecule has 1 unspecified atom stereocenters. The van der Waals surface area contributed by atoms with Gasteiger partial charge in [0.15, 0.2) is 15.5 Å². The third-order valence-electron chi connectivity index (χ3n) is 5.99. The molecule has 0 aliphatic carbocycles. The topological polar surface area (TPSA) is 76.0 Å². The van der Waals surface area contributed by atoms with E-state index in [0.717, 1.165) is 23.3 Å². The molecule has 36 heavy (non-hydrogen) atoms. The van der Waals surface area contributed by atoms with Crippen LogP contribution >= 0.6 is 34.8 Å². The molecule has 2 aromatic rings. The molecular weight excluding hydrogens is 571 g/mol.